The van der Waals surface area contributed by atoms with E-state index in [1.165, 1.54) is 32.2 Å². The number of carbonyl (C=O) groups is 2. The third kappa shape index (κ3) is 6.04. The molecule has 0 aliphatic heterocycles. The Kier molecular flexibility index (Phi) is 7.32. The van der Waals surface area contributed by atoms with E-state index in [1.807, 2.05) is 0 Å². The summed E-state index contributed by atoms with van der Waals surface area (Å²) in [5.74, 6) is -1.08. The normalized spacial score (nSPS) is 10.9. The molecule has 2 N–H and O–H groups in total. The fourth-order valence-electron chi connectivity index (χ4n) is 2.34. The molecule has 0 aliphatic rings. The number of carbonyl (C=O) groups excluding carboxylic acids is 1. The molecule has 1 amide bonds. The standard InChI is InChI=1S/C19H17BrN2O7/c1-11(23)21-16(19(24)25)8-13-7-15(20)18(17(9-13)28-2)29-10-12-3-5-14(6-4-12)22(26)27/h3-9H,10H2,1-2H3,(H,21,23)(H,24,25)/b16-8+. The van der Waals surface area contributed by atoms with Crippen LogP contribution in [-0.4, -0.2) is 29.0 Å². The average Bonchev–Trinajstić information content (AvgIpc) is 2.66. The van der Waals surface area contributed by atoms with E-state index in [2.05, 4.69) is 21.2 Å². The molecule has 0 fully saturated rings. The maximum atomic E-state index is 11.3. The molecule has 0 aliphatic carbocycles. The van der Waals surface area contributed by atoms with E-state index in [1.54, 1.807) is 24.3 Å². The van der Waals surface area contributed by atoms with Crippen molar-refractivity contribution < 1.29 is 29.1 Å². The second kappa shape index (κ2) is 9.69. The summed E-state index contributed by atoms with van der Waals surface area (Å²) >= 11 is 3.36. The highest BCUT2D eigenvalue weighted by Crippen LogP contribution is 2.37. The number of carboxylic acids is 1. The number of ether oxygens (including phenoxy) is 2. The maximum Gasteiger partial charge on any atom is 0.352 e. The van der Waals surface area contributed by atoms with Crippen LogP contribution in [0.1, 0.15) is 18.1 Å². The van der Waals surface area contributed by atoms with Crippen molar-refractivity contribution in [2.24, 2.45) is 0 Å². The number of benzene rings is 2. The number of nitro benzene ring substituents is 1. The molecule has 0 aromatic heterocycles. The van der Waals surface area contributed by atoms with Crippen molar-refractivity contribution in [3.8, 4) is 11.5 Å². The van der Waals surface area contributed by atoms with E-state index >= 15 is 0 Å². The minimum absolute atomic E-state index is 0.0166. The fourth-order valence-corrected chi connectivity index (χ4v) is 2.91. The second-order valence-electron chi connectivity index (χ2n) is 5.79. The Balaban J connectivity index is 2.26. The van der Waals surface area contributed by atoms with Gasteiger partial charge in [-0.3, -0.25) is 14.9 Å². The van der Waals surface area contributed by atoms with Crippen LogP contribution in [0.4, 0.5) is 5.69 Å². The van der Waals surface area contributed by atoms with Gasteiger partial charge in [0.05, 0.1) is 16.5 Å². The zero-order valence-corrected chi connectivity index (χ0v) is 17.1. The number of methoxy groups -OCH3 is 1. The Hall–Kier alpha value is -3.40. The van der Waals surface area contributed by atoms with Crippen LogP contribution in [0.25, 0.3) is 6.08 Å². The first kappa shape index (κ1) is 21.9. The van der Waals surface area contributed by atoms with E-state index in [4.69, 9.17) is 9.47 Å². The number of rotatable bonds is 8. The summed E-state index contributed by atoms with van der Waals surface area (Å²) in [6.45, 7) is 1.34. The molecule has 0 atom stereocenters. The minimum Gasteiger partial charge on any atom is -0.493 e. The van der Waals surface area contributed by atoms with Gasteiger partial charge < -0.3 is 19.9 Å². The van der Waals surface area contributed by atoms with Crippen molar-refractivity contribution in [1.82, 2.24) is 5.32 Å². The van der Waals surface area contributed by atoms with E-state index < -0.39 is 16.8 Å². The van der Waals surface area contributed by atoms with E-state index in [0.717, 1.165) is 0 Å². The highest BCUT2D eigenvalue weighted by molar-refractivity contribution is 9.10. The van der Waals surface area contributed by atoms with Gasteiger partial charge in [-0.1, -0.05) is 0 Å². The van der Waals surface area contributed by atoms with Gasteiger partial charge >= 0.3 is 5.97 Å². The van der Waals surface area contributed by atoms with Gasteiger partial charge in [-0.05, 0) is 57.4 Å². The lowest BCUT2D eigenvalue weighted by Crippen LogP contribution is -2.24. The second-order valence-corrected chi connectivity index (χ2v) is 6.65. The molecule has 0 unspecified atom stereocenters. The predicted molar refractivity (Wildman–Crippen MR) is 108 cm³/mol. The van der Waals surface area contributed by atoms with Crippen LogP contribution >= 0.6 is 15.9 Å². The Morgan fingerprint density at radius 2 is 1.93 bits per heavy atom. The first-order valence-electron chi connectivity index (χ1n) is 8.17. The molecular weight excluding hydrogens is 448 g/mol. The van der Waals surface area contributed by atoms with Gasteiger partial charge in [0.2, 0.25) is 5.91 Å². The van der Waals surface area contributed by atoms with Crippen molar-refractivity contribution in [3.63, 3.8) is 0 Å². The number of hydrogen-bond donors (Lipinski definition) is 2. The van der Waals surface area contributed by atoms with Crippen LogP contribution in [0, 0.1) is 10.1 Å². The quantitative estimate of drug-likeness (QED) is 0.347. The third-order valence-electron chi connectivity index (χ3n) is 3.63. The Bertz CT molecular complexity index is 971. The topological polar surface area (TPSA) is 128 Å². The number of amides is 1. The summed E-state index contributed by atoms with van der Waals surface area (Å²) in [5, 5.41) is 22.2. The van der Waals surface area contributed by atoms with E-state index in [0.29, 0.717) is 27.1 Å². The van der Waals surface area contributed by atoms with Crippen LogP contribution in [0.2, 0.25) is 0 Å². The summed E-state index contributed by atoms with van der Waals surface area (Å²) in [7, 11) is 1.43. The van der Waals surface area contributed by atoms with Crippen LogP contribution in [0.3, 0.4) is 0 Å². The molecule has 0 radical (unpaired) electrons. The molecule has 152 valence electrons. The van der Waals surface area contributed by atoms with Crippen molar-refractivity contribution >= 4 is 39.6 Å². The van der Waals surface area contributed by atoms with Gasteiger partial charge in [-0.25, -0.2) is 4.79 Å². The van der Waals surface area contributed by atoms with Crippen molar-refractivity contribution in [2.45, 2.75) is 13.5 Å². The number of hydrogen-bond acceptors (Lipinski definition) is 6. The smallest absolute Gasteiger partial charge is 0.352 e. The zero-order valence-electron chi connectivity index (χ0n) is 15.5. The summed E-state index contributed by atoms with van der Waals surface area (Å²) in [6.07, 6.45) is 1.29. The van der Waals surface area contributed by atoms with Crippen molar-refractivity contribution in [3.05, 3.63) is 67.8 Å². The lowest BCUT2D eigenvalue weighted by molar-refractivity contribution is -0.384. The molecule has 0 heterocycles. The van der Waals surface area contributed by atoms with Crippen LogP contribution in [0.15, 0.2) is 46.6 Å². The van der Waals surface area contributed by atoms with E-state index in [9.17, 15) is 24.8 Å². The number of halogens is 1. The zero-order chi connectivity index (χ0) is 21.6. The number of aliphatic carboxylic acids is 1. The van der Waals surface area contributed by atoms with Gasteiger partial charge in [0.25, 0.3) is 5.69 Å². The molecule has 0 saturated heterocycles. The number of nitro groups is 1. The molecule has 2 aromatic rings. The van der Waals surface area contributed by atoms with Gasteiger partial charge in [-0.15, -0.1) is 0 Å². The van der Waals surface area contributed by atoms with Crippen molar-refractivity contribution in [2.75, 3.05) is 7.11 Å². The largest absolute Gasteiger partial charge is 0.493 e. The van der Waals surface area contributed by atoms with Gasteiger partial charge in [-0.2, -0.15) is 0 Å². The molecular formula is C19H17BrN2O7. The molecule has 29 heavy (non-hydrogen) atoms. The van der Waals surface area contributed by atoms with Gasteiger partial charge in [0, 0.05) is 19.1 Å². The fraction of sp³-hybridized carbons (Fsp3) is 0.158. The summed E-state index contributed by atoms with van der Waals surface area (Å²) < 4.78 is 11.6. The lowest BCUT2D eigenvalue weighted by atomic mass is 10.1. The van der Waals surface area contributed by atoms with Gasteiger partial charge in [0.15, 0.2) is 11.5 Å². The average molecular weight is 465 g/mol. The lowest BCUT2D eigenvalue weighted by Gasteiger charge is -2.14. The Morgan fingerprint density at radius 1 is 1.28 bits per heavy atom. The monoisotopic (exact) mass is 464 g/mol. The number of carboxylic acid groups (broad SMARTS) is 1. The first-order valence-corrected chi connectivity index (χ1v) is 8.96. The Labute approximate surface area is 174 Å². The molecule has 2 rings (SSSR count). The Morgan fingerprint density at radius 3 is 2.45 bits per heavy atom. The highest BCUT2D eigenvalue weighted by atomic mass is 79.9. The summed E-state index contributed by atoms with van der Waals surface area (Å²) in [4.78, 5) is 32.7. The minimum atomic E-state index is -1.28. The highest BCUT2D eigenvalue weighted by Gasteiger charge is 2.14. The summed E-state index contributed by atoms with van der Waals surface area (Å²) in [5.41, 5.74) is 0.873. The van der Waals surface area contributed by atoms with E-state index in [-0.39, 0.29) is 18.0 Å². The molecule has 9 nitrogen and oxygen atoms in total. The molecule has 0 saturated carbocycles. The van der Waals surface area contributed by atoms with Crippen LogP contribution in [-0.2, 0) is 16.2 Å². The maximum absolute atomic E-state index is 11.3. The molecule has 2 aromatic carbocycles. The number of nitrogens with one attached hydrogen (secondary N) is 1. The third-order valence-corrected chi connectivity index (χ3v) is 4.22. The predicted octanol–water partition coefficient (Wildman–Crippen LogP) is 3.51. The number of non-ortho nitro benzene ring substituents is 1. The number of nitrogens with zero attached hydrogens (tertiary/aromatic N) is 1. The van der Waals surface area contributed by atoms with Crippen LogP contribution in [0.5, 0.6) is 11.5 Å². The van der Waals surface area contributed by atoms with Gasteiger partial charge in [0.1, 0.15) is 12.3 Å². The van der Waals surface area contributed by atoms with Crippen LogP contribution < -0.4 is 14.8 Å². The SMILES string of the molecule is COc1cc(/C=C(/NC(C)=O)C(=O)O)cc(Br)c1OCc1ccc([N+](=O)[O-])cc1. The molecule has 10 heteroatoms. The first-order chi connectivity index (χ1) is 13.7. The van der Waals surface area contributed by atoms with Crippen molar-refractivity contribution in [1.29, 1.82) is 0 Å². The summed E-state index contributed by atoms with van der Waals surface area (Å²) in [6, 6.07) is 9.10. The molecule has 0 spiro atoms. The molecule has 0 bridgehead atoms.